The van der Waals surface area contributed by atoms with Crippen molar-refractivity contribution in [1.29, 1.82) is 5.41 Å². The zero-order valence-electron chi connectivity index (χ0n) is 20.9. The lowest BCUT2D eigenvalue weighted by molar-refractivity contribution is -0.123. The summed E-state index contributed by atoms with van der Waals surface area (Å²) in [5, 5.41) is 27.0. The van der Waals surface area contributed by atoms with E-state index in [0.29, 0.717) is 23.2 Å². The Kier molecular flexibility index (Phi) is 8.44. The van der Waals surface area contributed by atoms with Gasteiger partial charge in [-0.3, -0.25) is 14.6 Å². The summed E-state index contributed by atoms with van der Waals surface area (Å²) in [5.74, 6) is -0.280. The molecule has 4 rings (SSSR count). The van der Waals surface area contributed by atoms with Gasteiger partial charge in [-0.25, -0.2) is 9.97 Å². The van der Waals surface area contributed by atoms with Crippen molar-refractivity contribution >= 4 is 47.1 Å². The van der Waals surface area contributed by atoms with Gasteiger partial charge in [-0.2, -0.15) is 5.10 Å². The SMILES string of the molecule is CN/N=C(\C=N)Nc1ncc(Cl)c(-c2ccc3c(c2)C(=O)N(CC(=O)NC(CO)C2CC=CC(C)=N2)C3)n1. The highest BCUT2D eigenvalue weighted by Crippen LogP contribution is 2.31. The van der Waals surface area contributed by atoms with E-state index in [2.05, 4.69) is 36.1 Å². The Hall–Kier alpha value is -4.16. The van der Waals surface area contributed by atoms with Crippen LogP contribution in [0.2, 0.25) is 5.02 Å². The molecule has 2 unspecified atom stereocenters. The topological polar surface area (TPSA) is 168 Å². The van der Waals surface area contributed by atoms with Gasteiger partial charge in [0.1, 0.15) is 6.54 Å². The number of fused-ring (bicyclic) bond motifs is 1. The number of allylic oxidation sites excluding steroid dienone is 1. The van der Waals surface area contributed by atoms with Gasteiger partial charge in [0, 0.05) is 30.4 Å². The molecule has 2 aliphatic rings. The van der Waals surface area contributed by atoms with E-state index in [0.717, 1.165) is 17.5 Å². The minimum atomic E-state index is -0.539. The third-order valence-electron chi connectivity index (χ3n) is 6.06. The van der Waals surface area contributed by atoms with Crippen LogP contribution in [-0.4, -0.2) is 81.8 Å². The normalized spacial score (nSPS) is 17.5. The molecule has 0 saturated carbocycles. The summed E-state index contributed by atoms with van der Waals surface area (Å²) in [7, 11) is 1.60. The number of aromatic nitrogens is 2. The molecule has 0 radical (unpaired) electrons. The van der Waals surface area contributed by atoms with Crippen LogP contribution >= 0.6 is 11.6 Å². The van der Waals surface area contributed by atoms with Crippen LogP contribution in [0.3, 0.4) is 0 Å². The molecule has 3 heterocycles. The van der Waals surface area contributed by atoms with Crippen LogP contribution in [0.4, 0.5) is 5.95 Å². The molecule has 1 aromatic heterocycles. The zero-order valence-corrected chi connectivity index (χ0v) is 21.7. The molecule has 0 fully saturated rings. The van der Waals surface area contributed by atoms with Gasteiger partial charge in [0.2, 0.25) is 11.9 Å². The average Bonchev–Trinajstić information content (AvgIpc) is 3.22. The number of hydrogen-bond donors (Lipinski definition) is 5. The molecule has 198 valence electrons. The minimum Gasteiger partial charge on any atom is -0.394 e. The number of nitrogens with zero attached hydrogens (tertiary/aromatic N) is 5. The summed E-state index contributed by atoms with van der Waals surface area (Å²) in [6.07, 6.45) is 6.91. The summed E-state index contributed by atoms with van der Waals surface area (Å²) in [4.78, 5) is 40.4. The first-order valence-corrected chi connectivity index (χ1v) is 12.3. The number of amidine groups is 1. The van der Waals surface area contributed by atoms with Crippen molar-refractivity contribution in [2.75, 3.05) is 25.5 Å². The molecule has 1 aromatic carbocycles. The molecular weight excluding hydrogens is 510 g/mol. The molecule has 12 nitrogen and oxygen atoms in total. The summed E-state index contributed by atoms with van der Waals surface area (Å²) in [5.41, 5.74) is 5.64. The highest BCUT2D eigenvalue weighted by Gasteiger charge is 2.31. The monoisotopic (exact) mass is 537 g/mol. The second-order valence-corrected chi connectivity index (χ2v) is 9.15. The number of aliphatic hydroxyl groups excluding tert-OH is 1. The van der Waals surface area contributed by atoms with Gasteiger partial charge in [-0.05, 0) is 31.1 Å². The number of aliphatic imine (C=N–C) groups is 1. The molecule has 13 heteroatoms. The van der Waals surface area contributed by atoms with E-state index < -0.39 is 6.04 Å². The number of aliphatic hydroxyl groups is 1. The molecule has 2 atom stereocenters. The third kappa shape index (κ3) is 6.03. The van der Waals surface area contributed by atoms with Crippen LogP contribution in [-0.2, 0) is 11.3 Å². The van der Waals surface area contributed by atoms with E-state index in [1.165, 1.54) is 11.1 Å². The highest BCUT2D eigenvalue weighted by molar-refractivity contribution is 6.34. The van der Waals surface area contributed by atoms with Crippen molar-refractivity contribution in [3.8, 4) is 11.3 Å². The van der Waals surface area contributed by atoms with Crippen molar-refractivity contribution in [3.05, 3.63) is 52.7 Å². The number of nitrogens with one attached hydrogen (secondary N) is 4. The molecule has 2 amide bonds. The predicted octanol–water partition coefficient (Wildman–Crippen LogP) is 1.61. The number of hydrogen-bond acceptors (Lipinski definition) is 9. The maximum absolute atomic E-state index is 13.2. The minimum absolute atomic E-state index is 0.149. The molecule has 5 N–H and O–H groups in total. The number of amides is 2. The maximum atomic E-state index is 13.2. The number of carbonyl (C=O) groups excluding carboxylic acids is 2. The summed E-state index contributed by atoms with van der Waals surface area (Å²) in [6.45, 7) is 1.74. The van der Waals surface area contributed by atoms with Crippen LogP contribution in [0.25, 0.3) is 11.3 Å². The summed E-state index contributed by atoms with van der Waals surface area (Å²) >= 11 is 6.36. The van der Waals surface area contributed by atoms with Crippen LogP contribution in [0.15, 0.2) is 46.6 Å². The Balaban J connectivity index is 1.47. The van der Waals surface area contributed by atoms with E-state index in [-0.39, 0.29) is 54.4 Å². The quantitative estimate of drug-likeness (QED) is 0.184. The van der Waals surface area contributed by atoms with Crippen molar-refractivity contribution < 1.29 is 14.7 Å². The first kappa shape index (κ1) is 26.9. The summed E-state index contributed by atoms with van der Waals surface area (Å²) in [6, 6.07) is 4.50. The van der Waals surface area contributed by atoms with Crippen LogP contribution in [0.1, 0.15) is 29.3 Å². The molecule has 2 aliphatic heterocycles. The largest absolute Gasteiger partial charge is 0.394 e. The van der Waals surface area contributed by atoms with Crippen molar-refractivity contribution in [2.24, 2.45) is 10.1 Å². The van der Waals surface area contributed by atoms with Crippen molar-refractivity contribution in [2.45, 2.75) is 32.0 Å². The Morgan fingerprint density at radius 3 is 2.95 bits per heavy atom. The van der Waals surface area contributed by atoms with Gasteiger partial charge >= 0.3 is 0 Å². The van der Waals surface area contributed by atoms with Crippen molar-refractivity contribution in [3.63, 3.8) is 0 Å². The van der Waals surface area contributed by atoms with Gasteiger partial charge in [0.25, 0.3) is 5.91 Å². The Bertz CT molecular complexity index is 1340. The molecule has 38 heavy (non-hydrogen) atoms. The lowest BCUT2D eigenvalue weighted by Gasteiger charge is -2.26. The number of carbonyl (C=O) groups is 2. The fraction of sp³-hybridized carbons (Fsp3) is 0.320. The molecule has 0 aliphatic carbocycles. The number of rotatable bonds is 9. The Morgan fingerprint density at radius 1 is 1.42 bits per heavy atom. The fourth-order valence-corrected chi connectivity index (χ4v) is 4.48. The Morgan fingerprint density at radius 2 is 2.24 bits per heavy atom. The predicted molar refractivity (Wildman–Crippen MR) is 146 cm³/mol. The smallest absolute Gasteiger partial charge is 0.254 e. The van der Waals surface area contributed by atoms with E-state index in [9.17, 15) is 14.7 Å². The number of benzene rings is 1. The third-order valence-corrected chi connectivity index (χ3v) is 6.34. The van der Waals surface area contributed by atoms with Gasteiger partial charge in [-0.15, -0.1) is 0 Å². The van der Waals surface area contributed by atoms with E-state index in [4.69, 9.17) is 17.0 Å². The number of dihydropyridines is 1. The van der Waals surface area contributed by atoms with E-state index in [1.54, 1.807) is 25.2 Å². The molecule has 2 aromatic rings. The molecule has 0 bridgehead atoms. The van der Waals surface area contributed by atoms with E-state index in [1.807, 2.05) is 19.1 Å². The van der Waals surface area contributed by atoms with E-state index >= 15 is 0 Å². The van der Waals surface area contributed by atoms with Crippen LogP contribution < -0.4 is 16.1 Å². The molecule has 0 spiro atoms. The maximum Gasteiger partial charge on any atom is 0.254 e. The van der Waals surface area contributed by atoms with Crippen LogP contribution in [0.5, 0.6) is 0 Å². The number of hydrazone groups is 1. The molecular formula is C25H28ClN9O3. The van der Waals surface area contributed by atoms with Gasteiger partial charge < -0.3 is 31.5 Å². The van der Waals surface area contributed by atoms with Crippen LogP contribution in [0, 0.1) is 5.41 Å². The van der Waals surface area contributed by atoms with Gasteiger partial charge in [-0.1, -0.05) is 29.8 Å². The average molecular weight is 538 g/mol. The number of halogens is 1. The second-order valence-electron chi connectivity index (χ2n) is 8.75. The fourth-order valence-electron chi connectivity index (χ4n) is 4.28. The lowest BCUT2D eigenvalue weighted by atomic mass is 10.0. The first-order chi connectivity index (χ1) is 18.3. The molecule has 0 saturated heterocycles. The van der Waals surface area contributed by atoms with Gasteiger partial charge in [0.05, 0.1) is 41.8 Å². The lowest BCUT2D eigenvalue weighted by Crippen LogP contribution is -2.49. The number of anilines is 1. The first-order valence-electron chi connectivity index (χ1n) is 11.9. The Labute approximate surface area is 224 Å². The highest BCUT2D eigenvalue weighted by atomic mass is 35.5. The van der Waals surface area contributed by atoms with Crippen molar-refractivity contribution in [1.82, 2.24) is 25.6 Å². The summed E-state index contributed by atoms with van der Waals surface area (Å²) < 4.78 is 0. The zero-order chi connectivity index (χ0) is 27.2. The van der Waals surface area contributed by atoms with Gasteiger partial charge in [0.15, 0.2) is 5.84 Å². The standard InChI is InChI=1S/C25H28ClN9O3/c1-14-4-3-5-19(30-14)20(13-36)31-22(37)12-35-11-16-7-6-15(8-17(16)24(35)38)23-18(26)10-29-25(33-23)32-21(9-27)34-28-2/h3-4,6-10,19-20,27-28,36H,5,11-13H2,1-2H3,(H,31,37)(H,29,32,33,34). The second kappa shape index (κ2) is 11.9.